The number of imidazole rings is 1. The maximum atomic E-state index is 13.8. The zero-order valence-electron chi connectivity index (χ0n) is 17.9. The second kappa shape index (κ2) is 10.3. The van der Waals surface area contributed by atoms with Gasteiger partial charge in [0.15, 0.2) is 6.19 Å². The van der Waals surface area contributed by atoms with Gasteiger partial charge in [-0.2, -0.15) is 31.6 Å². The first-order chi connectivity index (χ1) is 16.4. The molecule has 2 aromatic carbocycles. The van der Waals surface area contributed by atoms with Crippen molar-refractivity contribution in [3.63, 3.8) is 0 Å². The second-order valence-electron chi connectivity index (χ2n) is 7.40. The van der Waals surface area contributed by atoms with E-state index in [9.17, 15) is 26.3 Å². The Kier molecular flexibility index (Phi) is 7.60. The third-order valence-corrected chi connectivity index (χ3v) is 5.14. The van der Waals surface area contributed by atoms with Gasteiger partial charge in [-0.25, -0.2) is 9.98 Å². The lowest BCUT2D eigenvalue weighted by Gasteiger charge is -2.22. The molecule has 6 nitrogen and oxygen atoms in total. The highest BCUT2D eigenvalue weighted by Crippen LogP contribution is 2.40. The Labute approximate surface area is 200 Å². The van der Waals surface area contributed by atoms with Gasteiger partial charge in [0.1, 0.15) is 0 Å². The molecule has 0 aliphatic heterocycles. The molecule has 0 bridgehead atoms. The van der Waals surface area contributed by atoms with Gasteiger partial charge in [-0.3, -0.25) is 5.32 Å². The summed E-state index contributed by atoms with van der Waals surface area (Å²) in [6.45, 7) is 1.48. The molecule has 2 N–H and O–H groups in total. The molecule has 0 saturated heterocycles. The van der Waals surface area contributed by atoms with Gasteiger partial charge in [0.25, 0.3) is 0 Å². The number of nitriles is 1. The highest BCUT2D eigenvalue weighted by Gasteiger charge is 2.39. The summed E-state index contributed by atoms with van der Waals surface area (Å²) >= 11 is 6.18. The van der Waals surface area contributed by atoms with Crippen molar-refractivity contribution in [3.8, 4) is 6.19 Å². The van der Waals surface area contributed by atoms with Gasteiger partial charge in [-0.05, 0) is 48.4 Å². The van der Waals surface area contributed by atoms with Crippen molar-refractivity contribution in [1.29, 1.82) is 5.26 Å². The van der Waals surface area contributed by atoms with Crippen LogP contribution < -0.4 is 10.6 Å². The van der Waals surface area contributed by atoms with Crippen LogP contribution >= 0.6 is 11.6 Å². The van der Waals surface area contributed by atoms with Crippen LogP contribution in [-0.4, -0.2) is 15.5 Å². The normalized spacial score (nSPS) is 13.3. The number of nitrogens with one attached hydrogen (secondary N) is 2. The van der Waals surface area contributed by atoms with E-state index in [2.05, 4.69) is 20.6 Å². The predicted octanol–water partition coefficient (Wildman–Crippen LogP) is 6.16. The topological polar surface area (TPSA) is 78.0 Å². The van der Waals surface area contributed by atoms with E-state index in [0.29, 0.717) is 18.2 Å². The van der Waals surface area contributed by atoms with E-state index in [1.54, 1.807) is 31.3 Å². The quantitative estimate of drug-likeness (QED) is 0.140. The number of halogens is 7. The Morgan fingerprint density at radius 1 is 1.14 bits per heavy atom. The summed E-state index contributed by atoms with van der Waals surface area (Å²) < 4.78 is 82.8. The van der Waals surface area contributed by atoms with Gasteiger partial charge >= 0.3 is 12.4 Å². The Bertz CT molecular complexity index is 1240. The number of guanidine groups is 1. The monoisotopic (exact) mass is 514 g/mol. The van der Waals surface area contributed by atoms with Gasteiger partial charge in [0.05, 0.1) is 40.8 Å². The van der Waals surface area contributed by atoms with Crippen LogP contribution in [0.5, 0.6) is 0 Å². The van der Waals surface area contributed by atoms with E-state index in [4.69, 9.17) is 16.9 Å². The molecule has 0 radical (unpaired) electrons. The van der Waals surface area contributed by atoms with E-state index in [1.807, 2.05) is 0 Å². The maximum Gasteiger partial charge on any atom is 0.416 e. The number of anilines is 1. The molecule has 1 heterocycles. The van der Waals surface area contributed by atoms with Crippen molar-refractivity contribution in [1.82, 2.24) is 14.9 Å². The molecule has 0 aliphatic rings. The fraction of sp³-hybridized carbons (Fsp3) is 0.227. The number of rotatable bonds is 5. The number of aryl methyl sites for hydroxylation is 1. The van der Waals surface area contributed by atoms with Crippen molar-refractivity contribution in [2.24, 2.45) is 4.99 Å². The first-order valence-corrected chi connectivity index (χ1v) is 10.3. The van der Waals surface area contributed by atoms with Crippen LogP contribution in [0.4, 0.5) is 32.0 Å². The third kappa shape index (κ3) is 6.66. The molecule has 0 saturated carbocycles. The van der Waals surface area contributed by atoms with Crippen molar-refractivity contribution >= 4 is 23.2 Å². The highest BCUT2D eigenvalue weighted by molar-refractivity contribution is 6.33. The van der Waals surface area contributed by atoms with E-state index in [-0.39, 0.29) is 23.2 Å². The fourth-order valence-corrected chi connectivity index (χ4v) is 3.51. The molecule has 3 rings (SSSR count). The smallest absolute Gasteiger partial charge is 0.335 e. The van der Waals surface area contributed by atoms with Gasteiger partial charge in [0, 0.05) is 12.4 Å². The van der Waals surface area contributed by atoms with Crippen LogP contribution in [0, 0.1) is 18.4 Å². The number of aromatic nitrogens is 2. The minimum absolute atomic E-state index is 0.235. The average Bonchev–Trinajstić information content (AvgIpc) is 3.27. The van der Waals surface area contributed by atoms with Crippen LogP contribution in [0.3, 0.4) is 0 Å². The minimum Gasteiger partial charge on any atom is -0.335 e. The predicted molar refractivity (Wildman–Crippen MR) is 117 cm³/mol. The molecule has 1 unspecified atom stereocenters. The lowest BCUT2D eigenvalue weighted by molar-refractivity contribution is -0.142. The molecule has 184 valence electrons. The van der Waals surface area contributed by atoms with Gasteiger partial charge < -0.3 is 9.88 Å². The Morgan fingerprint density at radius 2 is 1.89 bits per heavy atom. The van der Waals surface area contributed by atoms with Crippen LogP contribution in [0.1, 0.15) is 28.3 Å². The summed E-state index contributed by atoms with van der Waals surface area (Å²) in [5, 5.41) is 14.3. The van der Waals surface area contributed by atoms with Crippen molar-refractivity contribution < 1.29 is 26.3 Å². The third-order valence-electron chi connectivity index (χ3n) is 4.82. The molecule has 0 amide bonds. The van der Waals surface area contributed by atoms with Gasteiger partial charge in [-0.1, -0.05) is 17.7 Å². The van der Waals surface area contributed by atoms with Gasteiger partial charge in [0.2, 0.25) is 5.96 Å². The number of nitrogens with zero attached hydrogens (tertiary/aromatic N) is 4. The molecule has 0 fully saturated rings. The number of aliphatic imine (C=N–C) groups is 1. The number of benzene rings is 2. The molecule has 1 atom stereocenters. The largest absolute Gasteiger partial charge is 0.416 e. The molecule has 0 aliphatic carbocycles. The van der Waals surface area contributed by atoms with Crippen LogP contribution in [0.2, 0.25) is 5.02 Å². The molecular weight excluding hydrogens is 498 g/mol. The highest BCUT2D eigenvalue weighted by atomic mass is 35.5. The van der Waals surface area contributed by atoms with Crippen LogP contribution in [0.25, 0.3) is 0 Å². The average molecular weight is 515 g/mol. The number of alkyl halides is 6. The van der Waals surface area contributed by atoms with E-state index in [1.165, 1.54) is 23.3 Å². The Balaban J connectivity index is 2.17. The summed E-state index contributed by atoms with van der Waals surface area (Å²) in [7, 11) is 0. The molecular formula is C22H17ClF6N6. The summed E-state index contributed by atoms with van der Waals surface area (Å²) in [5.74, 6) is -0.311. The molecule has 35 heavy (non-hydrogen) atoms. The van der Waals surface area contributed by atoms with E-state index < -0.39 is 35.1 Å². The van der Waals surface area contributed by atoms with Crippen molar-refractivity contribution in [3.05, 3.63) is 82.4 Å². The molecule has 0 spiro atoms. The number of hydrogen-bond acceptors (Lipinski definition) is 3. The first kappa shape index (κ1) is 25.9. The SMILES string of the molecule is Cc1ccc(NC(=NC(Cn2ccnc2)c2cc(C(F)(F)F)ccc2C(F)(F)F)NC#N)c(Cl)c1. The summed E-state index contributed by atoms with van der Waals surface area (Å²) in [5.41, 5.74) is -2.18. The maximum absolute atomic E-state index is 13.8. The molecule has 13 heteroatoms. The van der Waals surface area contributed by atoms with Crippen LogP contribution in [0.15, 0.2) is 60.1 Å². The minimum atomic E-state index is -4.96. The van der Waals surface area contributed by atoms with Crippen LogP contribution in [-0.2, 0) is 18.9 Å². The number of hydrogen-bond donors (Lipinski definition) is 2. The molecule has 1 aromatic heterocycles. The second-order valence-corrected chi connectivity index (χ2v) is 7.80. The van der Waals surface area contributed by atoms with Crippen molar-refractivity contribution in [2.75, 3.05) is 5.32 Å². The zero-order valence-corrected chi connectivity index (χ0v) is 18.7. The van der Waals surface area contributed by atoms with E-state index in [0.717, 1.165) is 5.56 Å². The fourth-order valence-electron chi connectivity index (χ4n) is 3.23. The summed E-state index contributed by atoms with van der Waals surface area (Å²) in [6.07, 6.45) is -4.18. The summed E-state index contributed by atoms with van der Waals surface area (Å²) in [4.78, 5) is 7.98. The Hall–Kier alpha value is -3.72. The zero-order chi connectivity index (χ0) is 25.8. The van der Waals surface area contributed by atoms with E-state index >= 15 is 0 Å². The summed E-state index contributed by atoms with van der Waals surface area (Å²) in [6, 6.07) is 4.50. The van der Waals surface area contributed by atoms with Gasteiger partial charge in [-0.15, -0.1) is 0 Å². The standard InChI is InChI=1S/C22H17ClF6N6/c1-13-2-5-18(17(23)8-13)33-20(32-11-30)34-19(10-35-7-6-31-12-35)15-9-14(21(24,25)26)3-4-16(15)22(27,28)29/h2-9,12,19H,10H2,1H3,(H2,32,33,34). The Morgan fingerprint density at radius 3 is 2.46 bits per heavy atom. The van der Waals surface area contributed by atoms with Crippen molar-refractivity contribution in [2.45, 2.75) is 31.9 Å². The lowest BCUT2D eigenvalue weighted by atomic mass is 9.97. The lowest BCUT2D eigenvalue weighted by Crippen LogP contribution is -2.29. The first-order valence-electron chi connectivity index (χ1n) is 9.88. The molecule has 3 aromatic rings.